The van der Waals surface area contributed by atoms with Crippen molar-refractivity contribution >= 4 is 16.7 Å². The maximum absolute atomic E-state index is 12.0. The van der Waals surface area contributed by atoms with Gasteiger partial charge in [0.05, 0.1) is 7.11 Å². The Balaban J connectivity index is 1.62. The van der Waals surface area contributed by atoms with Crippen LogP contribution in [0.25, 0.3) is 10.8 Å². The fraction of sp³-hybridized carbons (Fsp3) is 0.421. The zero-order chi connectivity index (χ0) is 16.4. The highest BCUT2D eigenvalue weighted by Crippen LogP contribution is 2.32. The summed E-state index contributed by atoms with van der Waals surface area (Å²) in [5.74, 6) is 0.153. The van der Waals surface area contributed by atoms with Crippen LogP contribution in [0, 0.1) is 5.92 Å². The summed E-state index contributed by atoms with van der Waals surface area (Å²) in [5, 5.41) is 7.54. The van der Waals surface area contributed by atoms with Crippen molar-refractivity contribution in [3.05, 3.63) is 48.0 Å². The van der Waals surface area contributed by atoms with E-state index in [9.17, 15) is 4.79 Å². The van der Waals surface area contributed by atoms with Crippen molar-refractivity contribution in [2.24, 2.45) is 5.92 Å². The standard InChI is InChI=1S/C19H24N2O2/c1-13(17-10-6-8-14-7-4-5-9-18(14)17)20-16-11-15(12-16)19(22)21(2)23-3/h4-10,13,15-16,20H,11-12H2,1-3H3. The predicted octanol–water partition coefficient (Wildman–Crippen LogP) is 3.29. The number of hydrogen-bond acceptors (Lipinski definition) is 3. The smallest absolute Gasteiger partial charge is 0.249 e. The summed E-state index contributed by atoms with van der Waals surface area (Å²) in [6, 6.07) is 15.6. The molecule has 1 fully saturated rings. The monoisotopic (exact) mass is 312 g/mol. The van der Waals surface area contributed by atoms with Gasteiger partial charge in [-0.05, 0) is 36.1 Å². The summed E-state index contributed by atoms with van der Waals surface area (Å²) >= 11 is 0. The number of fused-ring (bicyclic) bond motifs is 1. The molecule has 1 atom stereocenters. The van der Waals surface area contributed by atoms with E-state index in [1.54, 1.807) is 7.05 Å². The highest BCUT2D eigenvalue weighted by molar-refractivity contribution is 5.86. The predicted molar refractivity (Wildman–Crippen MR) is 91.8 cm³/mol. The number of nitrogens with one attached hydrogen (secondary N) is 1. The fourth-order valence-electron chi connectivity index (χ4n) is 3.37. The molecule has 2 aromatic rings. The Hall–Kier alpha value is -1.91. The van der Waals surface area contributed by atoms with Gasteiger partial charge in [-0.3, -0.25) is 9.63 Å². The molecule has 0 aliphatic heterocycles. The van der Waals surface area contributed by atoms with Crippen LogP contribution < -0.4 is 5.32 Å². The van der Waals surface area contributed by atoms with Crippen LogP contribution in [0.5, 0.6) is 0 Å². The van der Waals surface area contributed by atoms with E-state index in [4.69, 9.17) is 4.84 Å². The first-order valence-electron chi connectivity index (χ1n) is 8.15. The molecule has 1 amide bonds. The Kier molecular flexibility index (Phi) is 4.64. The largest absolute Gasteiger partial charge is 0.307 e. The molecule has 0 saturated heterocycles. The molecule has 0 radical (unpaired) electrons. The molecule has 3 rings (SSSR count). The summed E-state index contributed by atoms with van der Waals surface area (Å²) < 4.78 is 0. The molecule has 0 bridgehead atoms. The van der Waals surface area contributed by atoms with Crippen LogP contribution in [0.2, 0.25) is 0 Å². The Morgan fingerprint density at radius 3 is 2.65 bits per heavy atom. The van der Waals surface area contributed by atoms with Gasteiger partial charge < -0.3 is 5.32 Å². The van der Waals surface area contributed by atoms with E-state index in [0.29, 0.717) is 6.04 Å². The summed E-state index contributed by atoms with van der Waals surface area (Å²) in [7, 11) is 3.19. The van der Waals surface area contributed by atoms with Gasteiger partial charge in [-0.2, -0.15) is 0 Å². The van der Waals surface area contributed by atoms with Crippen LogP contribution in [0.15, 0.2) is 42.5 Å². The number of rotatable bonds is 5. The second kappa shape index (κ2) is 6.69. The second-order valence-electron chi connectivity index (χ2n) is 6.34. The summed E-state index contributed by atoms with van der Waals surface area (Å²) in [5.41, 5.74) is 1.31. The minimum absolute atomic E-state index is 0.0726. The number of amides is 1. The molecule has 1 saturated carbocycles. The maximum atomic E-state index is 12.0. The molecule has 0 spiro atoms. The Bertz CT molecular complexity index is 689. The Labute approximate surface area is 137 Å². The van der Waals surface area contributed by atoms with Crippen LogP contribution in [0.4, 0.5) is 0 Å². The molecule has 0 heterocycles. The first-order chi connectivity index (χ1) is 11.1. The third-order valence-corrected chi connectivity index (χ3v) is 4.85. The van der Waals surface area contributed by atoms with Gasteiger partial charge in [0.15, 0.2) is 0 Å². The van der Waals surface area contributed by atoms with Gasteiger partial charge in [-0.1, -0.05) is 42.5 Å². The number of carbonyl (C=O) groups is 1. The molecule has 0 aromatic heterocycles. The van der Waals surface area contributed by atoms with Crippen molar-refractivity contribution in [2.75, 3.05) is 14.2 Å². The molecule has 1 N–H and O–H groups in total. The van der Waals surface area contributed by atoms with E-state index in [-0.39, 0.29) is 17.9 Å². The molecule has 23 heavy (non-hydrogen) atoms. The number of hydroxylamine groups is 2. The van der Waals surface area contributed by atoms with E-state index in [1.807, 2.05) is 0 Å². The van der Waals surface area contributed by atoms with Gasteiger partial charge in [0.1, 0.15) is 0 Å². The molecular formula is C19H24N2O2. The number of carbonyl (C=O) groups excluding carboxylic acids is 1. The lowest BCUT2D eigenvalue weighted by molar-refractivity contribution is -0.177. The second-order valence-corrected chi connectivity index (χ2v) is 6.34. The molecular weight excluding hydrogens is 288 g/mol. The molecule has 1 unspecified atom stereocenters. The van der Waals surface area contributed by atoms with Crippen LogP contribution in [-0.4, -0.2) is 31.2 Å². The first-order valence-corrected chi connectivity index (χ1v) is 8.15. The van der Waals surface area contributed by atoms with E-state index in [1.165, 1.54) is 28.5 Å². The molecule has 1 aliphatic rings. The Morgan fingerprint density at radius 2 is 1.91 bits per heavy atom. The highest BCUT2D eigenvalue weighted by Gasteiger charge is 2.36. The van der Waals surface area contributed by atoms with Crippen molar-refractivity contribution in [1.29, 1.82) is 0 Å². The lowest BCUT2D eigenvalue weighted by Gasteiger charge is -2.38. The lowest BCUT2D eigenvalue weighted by Crippen LogP contribution is -2.48. The summed E-state index contributed by atoms with van der Waals surface area (Å²) in [4.78, 5) is 17.0. The third kappa shape index (κ3) is 3.23. The van der Waals surface area contributed by atoms with Crippen molar-refractivity contribution in [3.8, 4) is 0 Å². The minimum atomic E-state index is 0.0726. The molecule has 1 aliphatic carbocycles. The average molecular weight is 312 g/mol. The normalized spacial score (nSPS) is 21.7. The van der Waals surface area contributed by atoms with Gasteiger partial charge in [0.25, 0.3) is 0 Å². The third-order valence-electron chi connectivity index (χ3n) is 4.85. The van der Waals surface area contributed by atoms with Crippen molar-refractivity contribution in [3.63, 3.8) is 0 Å². The number of nitrogens with zero attached hydrogens (tertiary/aromatic N) is 1. The zero-order valence-electron chi connectivity index (χ0n) is 14.0. The highest BCUT2D eigenvalue weighted by atomic mass is 16.7. The van der Waals surface area contributed by atoms with Gasteiger partial charge in [-0.15, -0.1) is 0 Å². The van der Waals surface area contributed by atoms with Crippen LogP contribution >= 0.6 is 0 Å². The van der Waals surface area contributed by atoms with E-state index in [0.717, 1.165) is 12.8 Å². The topological polar surface area (TPSA) is 41.6 Å². The van der Waals surface area contributed by atoms with Crippen molar-refractivity contribution in [1.82, 2.24) is 10.4 Å². The molecule has 4 heteroatoms. The summed E-state index contributed by atoms with van der Waals surface area (Å²) in [6.45, 7) is 2.19. The number of benzene rings is 2. The van der Waals surface area contributed by atoms with Crippen molar-refractivity contribution < 1.29 is 9.63 Å². The summed E-state index contributed by atoms with van der Waals surface area (Å²) in [6.07, 6.45) is 1.75. The van der Waals surface area contributed by atoms with Crippen LogP contribution in [0.3, 0.4) is 0 Å². The van der Waals surface area contributed by atoms with E-state index < -0.39 is 0 Å². The fourth-order valence-corrected chi connectivity index (χ4v) is 3.37. The van der Waals surface area contributed by atoms with E-state index >= 15 is 0 Å². The van der Waals surface area contributed by atoms with E-state index in [2.05, 4.69) is 54.7 Å². The van der Waals surface area contributed by atoms with Gasteiger partial charge in [0.2, 0.25) is 5.91 Å². The average Bonchev–Trinajstić information content (AvgIpc) is 2.55. The number of hydrogen-bond donors (Lipinski definition) is 1. The van der Waals surface area contributed by atoms with Gasteiger partial charge in [-0.25, -0.2) is 5.06 Å². The van der Waals surface area contributed by atoms with Gasteiger partial charge >= 0.3 is 0 Å². The molecule has 122 valence electrons. The van der Waals surface area contributed by atoms with Gasteiger partial charge in [0, 0.05) is 25.0 Å². The Morgan fingerprint density at radius 1 is 1.22 bits per heavy atom. The van der Waals surface area contributed by atoms with Crippen LogP contribution in [-0.2, 0) is 9.63 Å². The quantitative estimate of drug-likeness (QED) is 0.861. The first kappa shape index (κ1) is 16.0. The zero-order valence-corrected chi connectivity index (χ0v) is 14.0. The van der Waals surface area contributed by atoms with Crippen LogP contribution in [0.1, 0.15) is 31.4 Å². The molecule has 4 nitrogen and oxygen atoms in total. The minimum Gasteiger partial charge on any atom is -0.307 e. The maximum Gasteiger partial charge on any atom is 0.249 e. The lowest BCUT2D eigenvalue weighted by atomic mass is 9.79. The van der Waals surface area contributed by atoms with Crippen molar-refractivity contribution in [2.45, 2.75) is 31.8 Å². The molecule has 2 aromatic carbocycles. The SMILES string of the molecule is CON(C)C(=O)C1CC(NC(C)c2cccc3ccccc23)C1.